The Bertz CT molecular complexity index is 960. The molecule has 232 valence electrons. The van der Waals surface area contributed by atoms with Gasteiger partial charge in [0, 0.05) is 30.5 Å². The number of likely N-dealkylation sites (tertiary alicyclic amines) is 1. The number of carbonyl (C=O) groups is 3. The maximum Gasteiger partial charge on any atom is 0.310 e. The number of allylic oxidation sites excluding steroid dienone is 1. The second-order valence-corrected chi connectivity index (χ2v) is 15.6. The van der Waals surface area contributed by atoms with Crippen molar-refractivity contribution in [3.63, 3.8) is 0 Å². The normalized spacial score (nSPS) is 27.2. The quantitative estimate of drug-likeness (QED) is 0.132. The van der Waals surface area contributed by atoms with Crippen LogP contribution in [0.3, 0.4) is 0 Å². The Morgan fingerprint density at radius 3 is 2.44 bits per heavy atom. The Hall–Kier alpha value is -1.80. The monoisotopic (exact) mass is 590 g/mol. The number of ether oxygens (including phenoxy) is 1. The van der Waals surface area contributed by atoms with Gasteiger partial charge in [0.05, 0.1) is 23.2 Å². The summed E-state index contributed by atoms with van der Waals surface area (Å²) < 4.78 is 5.12. The van der Waals surface area contributed by atoms with Crippen molar-refractivity contribution in [3.8, 4) is 0 Å². The molecule has 3 aliphatic heterocycles. The standard InChI is InChI=1S/C33H54N2O5S/c1-8-10-11-16-22-40-30(39)25-24-17-18-33(41-24)26(25)28(37)34(20-14-12-13-15-21-36)27(33)29(38)35(19-9-2)32(6,7)23-31(3,4)5/h8-9,24-27,36H,1-2,10-23H2,3-7H3/t24-,25+,26-,27?,33?/m0/s1. The van der Waals surface area contributed by atoms with Crippen LogP contribution in [-0.4, -0.2) is 80.6 Å². The van der Waals surface area contributed by atoms with Crippen LogP contribution in [0.25, 0.3) is 0 Å². The minimum atomic E-state index is -0.617. The van der Waals surface area contributed by atoms with E-state index in [4.69, 9.17) is 4.74 Å². The van der Waals surface area contributed by atoms with Gasteiger partial charge in [-0.15, -0.1) is 24.9 Å². The van der Waals surface area contributed by atoms with Crippen molar-refractivity contribution in [3.05, 3.63) is 25.3 Å². The minimum Gasteiger partial charge on any atom is -0.465 e. The van der Waals surface area contributed by atoms with E-state index in [-0.39, 0.29) is 35.1 Å². The molecule has 3 fully saturated rings. The van der Waals surface area contributed by atoms with Gasteiger partial charge in [-0.25, -0.2) is 0 Å². The van der Waals surface area contributed by atoms with Crippen molar-refractivity contribution in [1.29, 1.82) is 0 Å². The molecule has 2 amide bonds. The molecule has 3 saturated heterocycles. The Kier molecular flexibility index (Phi) is 11.6. The maximum absolute atomic E-state index is 14.7. The Balaban J connectivity index is 1.93. The van der Waals surface area contributed by atoms with Gasteiger partial charge in [0.15, 0.2) is 0 Å². The van der Waals surface area contributed by atoms with Crippen molar-refractivity contribution in [1.82, 2.24) is 9.80 Å². The number of fused-ring (bicyclic) bond motifs is 1. The van der Waals surface area contributed by atoms with Crippen molar-refractivity contribution in [2.75, 3.05) is 26.3 Å². The first kappa shape index (κ1) is 33.7. The van der Waals surface area contributed by atoms with Crippen LogP contribution in [0, 0.1) is 17.3 Å². The lowest BCUT2D eigenvalue weighted by Gasteiger charge is -2.46. The van der Waals surface area contributed by atoms with Crippen LogP contribution in [-0.2, 0) is 19.1 Å². The van der Waals surface area contributed by atoms with E-state index in [0.717, 1.165) is 64.2 Å². The van der Waals surface area contributed by atoms with E-state index < -0.39 is 28.2 Å². The van der Waals surface area contributed by atoms with Crippen molar-refractivity contribution in [2.24, 2.45) is 17.3 Å². The predicted octanol–water partition coefficient (Wildman–Crippen LogP) is 5.76. The largest absolute Gasteiger partial charge is 0.465 e. The summed E-state index contributed by atoms with van der Waals surface area (Å²) in [6.07, 6.45) is 11.8. The molecule has 0 aliphatic carbocycles. The summed E-state index contributed by atoms with van der Waals surface area (Å²) in [7, 11) is 0. The molecule has 0 radical (unpaired) electrons. The van der Waals surface area contributed by atoms with Gasteiger partial charge < -0.3 is 19.6 Å². The van der Waals surface area contributed by atoms with E-state index in [1.54, 1.807) is 17.8 Å². The number of amides is 2. The lowest BCUT2D eigenvalue weighted by molar-refractivity contribution is -0.154. The molecule has 1 spiro atoms. The number of unbranched alkanes of at least 4 members (excludes halogenated alkanes) is 5. The molecule has 41 heavy (non-hydrogen) atoms. The molecule has 0 aromatic carbocycles. The lowest BCUT2D eigenvalue weighted by Crippen LogP contribution is -2.60. The summed E-state index contributed by atoms with van der Waals surface area (Å²) in [5, 5.41) is 9.20. The molecule has 7 nitrogen and oxygen atoms in total. The second-order valence-electron chi connectivity index (χ2n) is 14.0. The van der Waals surface area contributed by atoms with Gasteiger partial charge in [0.2, 0.25) is 11.8 Å². The van der Waals surface area contributed by atoms with E-state index in [0.29, 0.717) is 19.7 Å². The van der Waals surface area contributed by atoms with Gasteiger partial charge in [-0.05, 0) is 70.6 Å². The third-order valence-electron chi connectivity index (χ3n) is 8.93. The van der Waals surface area contributed by atoms with Crippen molar-refractivity contribution >= 4 is 29.5 Å². The van der Waals surface area contributed by atoms with Crippen LogP contribution in [0.5, 0.6) is 0 Å². The number of carbonyl (C=O) groups excluding carboxylic acids is 3. The van der Waals surface area contributed by atoms with Crippen LogP contribution in [0.4, 0.5) is 0 Å². The fourth-order valence-corrected chi connectivity index (χ4v) is 9.85. The number of aliphatic hydroxyl groups is 1. The molecule has 0 saturated carbocycles. The molecular formula is C33H54N2O5S. The number of rotatable bonds is 17. The van der Waals surface area contributed by atoms with Gasteiger partial charge in [0.25, 0.3) is 0 Å². The molecule has 3 rings (SSSR count). The molecule has 5 atom stereocenters. The summed E-state index contributed by atoms with van der Waals surface area (Å²) in [6.45, 7) is 19.9. The number of esters is 1. The number of thioether (sulfide) groups is 1. The summed E-state index contributed by atoms with van der Waals surface area (Å²) in [6, 6.07) is -0.613. The molecule has 2 unspecified atom stereocenters. The Morgan fingerprint density at radius 2 is 1.80 bits per heavy atom. The molecule has 0 aromatic heterocycles. The van der Waals surface area contributed by atoms with Gasteiger partial charge >= 0.3 is 5.97 Å². The van der Waals surface area contributed by atoms with Crippen molar-refractivity contribution in [2.45, 2.75) is 120 Å². The zero-order valence-electron chi connectivity index (χ0n) is 26.2. The molecule has 3 heterocycles. The Labute approximate surface area is 252 Å². The summed E-state index contributed by atoms with van der Waals surface area (Å²) in [5.74, 6) is -1.42. The summed E-state index contributed by atoms with van der Waals surface area (Å²) in [5.41, 5.74) is -0.442. The van der Waals surface area contributed by atoms with Crippen LogP contribution >= 0.6 is 11.8 Å². The third kappa shape index (κ3) is 7.41. The fraction of sp³-hybridized carbons (Fsp3) is 0.788. The van der Waals surface area contributed by atoms with Crippen LogP contribution in [0.15, 0.2) is 25.3 Å². The molecule has 8 heteroatoms. The number of hydrogen-bond donors (Lipinski definition) is 1. The first-order valence-electron chi connectivity index (χ1n) is 15.6. The van der Waals surface area contributed by atoms with E-state index >= 15 is 0 Å². The van der Waals surface area contributed by atoms with Crippen LogP contribution in [0.1, 0.15) is 98.8 Å². The second kappa shape index (κ2) is 14.1. The highest BCUT2D eigenvalue weighted by molar-refractivity contribution is 8.02. The summed E-state index contributed by atoms with van der Waals surface area (Å²) in [4.78, 5) is 46.2. The van der Waals surface area contributed by atoms with E-state index in [1.165, 1.54) is 0 Å². The van der Waals surface area contributed by atoms with Gasteiger partial charge in [0.1, 0.15) is 6.04 Å². The first-order chi connectivity index (χ1) is 19.3. The Morgan fingerprint density at radius 1 is 1.10 bits per heavy atom. The molecule has 0 aromatic rings. The molecule has 3 aliphatic rings. The highest BCUT2D eigenvalue weighted by Crippen LogP contribution is 2.66. The third-order valence-corrected chi connectivity index (χ3v) is 10.9. The van der Waals surface area contributed by atoms with Crippen molar-refractivity contribution < 1.29 is 24.2 Å². The SMILES string of the molecule is C=CCCCCOC(=O)[C@@H]1[C@@H]2CCC3(S2)C(C(=O)N(CC=C)C(C)(C)CC(C)(C)C)N(CCCCCCO)C(=O)[C@H]13. The highest BCUT2D eigenvalue weighted by Gasteiger charge is 2.74. The predicted molar refractivity (Wildman–Crippen MR) is 166 cm³/mol. The summed E-state index contributed by atoms with van der Waals surface area (Å²) >= 11 is 1.70. The molecule has 2 bridgehead atoms. The molecular weight excluding hydrogens is 536 g/mol. The average Bonchev–Trinajstić information content (AvgIpc) is 3.52. The van der Waals surface area contributed by atoms with Gasteiger partial charge in [-0.2, -0.15) is 0 Å². The zero-order chi connectivity index (χ0) is 30.4. The van der Waals surface area contributed by atoms with Gasteiger partial charge in [-0.1, -0.05) is 45.8 Å². The van der Waals surface area contributed by atoms with E-state index in [1.807, 2.05) is 15.9 Å². The van der Waals surface area contributed by atoms with Crippen LogP contribution < -0.4 is 0 Å². The lowest BCUT2D eigenvalue weighted by atomic mass is 9.71. The maximum atomic E-state index is 14.7. The van der Waals surface area contributed by atoms with Gasteiger partial charge in [-0.3, -0.25) is 14.4 Å². The van der Waals surface area contributed by atoms with Crippen LogP contribution in [0.2, 0.25) is 0 Å². The molecule has 1 N–H and O–H groups in total. The highest BCUT2D eigenvalue weighted by atomic mass is 32.2. The number of aliphatic hydroxyl groups excluding tert-OH is 1. The number of hydrogen-bond acceptors (Lipinski definition) is 6. The topological polar surface area (TPSA) is 87.2 Å². The number of nitrogens with zero attached hydrogens (tertiary/aromatic N) is 2. The minimum absolute atomic E-state index is 0.00192. The zero-order valence-corrected chi connectivity index (χ0v) is 27.0. The fourth-order valence-electron chi connectivity index (χ4n) is 7.65. The van der Waals surface area contributed by atoms with E-state index in [9.17, 15) is 19.5 Å². The average molecular weight is 591 g/mol. The van der Waals surface area contributed by atoms with E-state index in [2.05, 4.69) is 47.8 Å². The first-order valence-corrected chi connectivity index (χ1v) is 16.5. The smallest absolute Gasteiger partial charge is 0.310 e.